The first-order valence-corrected chi connectivity index (χ1v) is 4.41. The number of hydrogen-bond acceptors (Lipinski definition) is 4. The van der Waals surface area contributed by atoms with E-state index in [-0.39, 0.29) is 16.1 Å². The van der Waals surface area contributed by atoms with Crippen LogP contribution in [0.1, 0.15) is 0 Å². The molecule has 0 unspecified atom stereocenters. The van der Waals surface area contributed by atoms with E-state index in [2.05, 4.69) is 4.98 Å². The molecule has 0 fully saturated rings. The molecule has 13 heavy (non-hydrogen) atoms. The standard InChI is InChI=1S/C6H4N2O3S.H2O/c7-8-5-1-3-6(4-2-5)12(9,10)11;/h1-4H;1H2. The van der Waals surface area contributed by atoms with Crippen molar-refractivity contribution in [3.05, 3.63) is 29.2 Å². The van der Waals surface area contributed by atoms with Crippen LogP contribution in [-0.2, 0) is 10.1 Å². The smallest absolute Gasteiger partial charge is 0.385 e. The second kappa shape index (κ2) is 3.95. The fourth-order valence-corrected chi connectivity index (χ4v) is 1.16. The van der Waals surface area contributed by atoms with Crippen LogP contribution >= 0.6 is 0 Å². The Morgan fingerprint density at radius 2 is 1.69 bits per heavy atom. The lowest BCUT2D eigenvalue weighted by Gasteiger charge is -1.91. The van der Waals surface area contributed by atoms with Gasteiger partial charge < -0.3 is 5.48 Å². The van der Waals surface area contributed by atoms with E-state index in [9.17, 15) is 8.42 Å². The molecule has 6 nitrogen and oxygen atoms in total. The zero-order chi connectivity index (χ0) is 9.19. The maximum absolute atomic E-state index is 10.5. The maximum Gasteiger partial charge on any atom is 0.385 e. The fourth-order valence-electron chi connectivity index (χ4n) is 0.685. The normalized spacial score (nSPS) is 9.85. The van der Waals surface area contributed by atoms with Gasteiger partial charge >= 0.3 is 5.69 Å². The molecule has 0 bridgehead atoms. The van der Waals surface area contributed by atoms with Gasteiger partial charge in [0.15, 0.2) is 4.98 Å². The summed E-state index contributed by atoms with van der Waals surface area (Å²) in [5.74, 6) is 0. The molecule has 0 atom stereocenters. The van der Waals surface area contributed by atoms with Crippen LogP contribution < -0.4 is 0 Å². The molecule has 0 saturated heterocycles. The van der Waals surface area contributed by atoms with Crippen LogP contribution in [0.4, 0.5) is 5.69 Å². The predicted molar refractivity (Wildman–Crippen MR) is 42.9 cm³/mol. The second-order valence-electron chi connectivity index (χ2n) is 2.07. The first-order valence-electron chi connectivity index (χ1n) is 2.97. The van der Waals surface area contributed by atoms with Crippen molar-refractivity contribution < 1.29 is 18.4 Å². The second-order valence-corrected chi connectivity index (χ2v) is 3.49. The Balaban J connectivity index is 0.00000144. The summed E-state index contributed by atoms with van der Waals surface area (Å²) in [6, 6.07) is 4.82. The molecule has 1 aromatic rings. The van der Waals surface area contributed by atoms with Gasteiger partial charge in [0.25, 0.3) is 10.1 Å². The largest absolute Gasteiger partial charge is 0.870 e. The number of nitrogens with zero attached hydrogens (tertiary/aromatic N) is 2. The Kier molecular flexibility index (Phi) is 3.50. The molecule has 0 aliphatic carbocycles. The Bertz CT molecular complexity index is 417. The Morgan fingerprint density at radius 1 is 1.23 bits per heavy atom. The molecule has 7 heteroatoms. The van der Waals surface area contributed by atoms with Crippen LogP contribution in [0.25, 0.3) is 4.98 Å². The number of hydrogen-bond donors (Lipinski definition) is 1. The third-order valence-electron chi connectivity index (χ3n) is 1.25. The number of diazo groups is 1. The zero-order valence-corrected chi connectivity index (χ0v) is 7.14. The van der Waals surface area contributed by atoms with Gasteiger partial charge in [-0.25, -0.2) is 0 Å². The highest BCUT2D eigenvalue weighted by atomic mass is 32.2. The van der Waals surface area contributed by atoms with E-state index in [1.165, 1.54) is 12.1 Å². The molecule has 0 aromatic heterocycles. The highest BCUT2D eigenvalue weighted by Gasteiger charge is 2.11. The number of benzene rings is 1. The summed E-state index contributed by atoms with van der Waals surface area (Å²) in [4.78, 5) is 2.59. The van der Waals surface area contributed by atoms with E-state index < -0.39 is 10.1 Å². The molecule has 2 N–H and O–H groups in total. The van der Waals surface area contributed by atoms with Crippen LogP contribution in [0.2, 0.25) is 0 Å². The maximum atomic E-state index is 10.5. The molecule has 0 heterocycles. The van der Waals surface area contributed by atoms with Crippen molar-refractivity contribution in [3.63, 3.8) is 0 Å². The minimum Gasteiger partial charge on any atom is -0.870 e. The van der Waals surface area contributed by atoms with Crippen molar-refractivity contribution in [2.45, 2.75) is 4.90 Å². The van der Waals surface area contributed by atoms with E-state index >= 15 is 0 Å². The molecule has 0 radical (unpaired) electrons. The van der Waals surface area contributed by atoms with Crippen LogP contribution in [0.15, 0.2) is 29.2 Å². The van der Waals surface area contributed by atoms with Gasteiger partial charge in [-0.2, -0.15) is 8.42 Å². The van der Waals surface area contributed by atoms with Crippen LogP contribution in [0.5, 0.6) is 0 Å². The average molecular weight is 202 g/mol. The lowest BCUT2D eigenvalue weighted by molar-refractivity contribution is 0.483. The quantitative estimate of drug-likeness (QED) is 0.543. The van der Waals surface area contributed by atoms with Gasteiger partial charge in [0.2, 0.25) is 5.39 Å². The summed E-state index contributed by atoms with van der Waals surface area (Å²) in [5.41, 5.74) is 0.224. The van der Waals surface area contributed by atoms with Gasteiger partial charge in [-0.15, -0.1) is 0 Å². The Hall–Kier alpha value is -1.49. The van der Waals surface area contributed by atoms with Crippen LogP contribution in [0, 0.1) is 5.39 Å². The van der Waals surface area contributed by atoms with Crippen molar-refractivity contribution >= 4 is 15.8 Å². The molecular weight excluding hydrogens is 196 g/mol. The molecule has 0 spiro atoms. The van der Waals surface area contributed by atoms with E-state index in [4.69, 9.17) is 9.95 Å². The number of rotatable bonds is 1. The van der Waals surface area contributed by atoms with Gasteiger partial charge in [0, 0.05) is 12.1 Å². The van der Waals surface area contributed by atoms with E-state index in [1.54, 1.807) is 0 Å². The van der Waals surface area contributed by atoms with Gasteiger partial charge in [0.1, 0.15) is 0 Å². The van der Waals surface area contributed by atoms with Crippen molar-refractivity contribution in [1.82, 2.24) is 0 Å². The summed E-state index contributed by atoms with van der Waals surface area (Å²) in [7, 11) is -4.15. The Morgan fingerprint density at radius 3 is 2.00 bits per heavy atom. The predicted octanol–water partition coefficient (Wildman–Crippen LogP) is 1.24. The van der Waals surface area contributed by atoms with E-state index in [1.807, 2.05) is 0 Å². The van der Waals surface area contributed by atoms with E-state index in [0.717, 1.165) is 12.1 Å². The molecular formula is C6H6N2O4S. The molecule has 0 amide bonds. The highest BCUT2D eigenvalue weighted by molar-refractivity contribution is 7.85. The molecule has 70 valence electrons. The summed E-state index contributed by atoms with van der Waals surface area (Å²) < 4.78 is 29.5. The summed E-state index contributed by atoms with van der Waals surface area (Å²) in [5, 5.41) is 8.24. The zero-order valence-electron chi connectivity index (χ0n) is 6.32. The minimum absolute atomic E-state index is 0. The van der Waals surface area contributed by atoms with Crippen LogP contribution in [-0.4, -0.2) is 18.4 Å². The van der Waals surface area contributed by atoms with Gasteiger partial charge in [0.05, 0.1) is 4.90 Å². The summed E-state index contributed by atoms with van der Waals surface area (Å²) >= 11 is 0. The fraction of sp³-hybridized carbons (Fsp3) is 0. The summed E-state index contributed by atoms with van der Waals surface area (Å²) in [6.07, 6.45) is 0. The first kappa shape index (κ1) is 11.5. The molecule has 0 aliphatic rings. The third-order valence-corrected chi connectivity index (χ3v) is 2.12. The lowest BCUT2D eigenvalue weighted by atomic mass is 10.3. The SMILES string of the molecule is N#[N+]c1ccc(S(=O)(=O)O)cc1.[OH-]. The van der Waals surface area contributed by atoms with Crippen molar-refractivity contribution in [3.8, 4) is 0 Å². The van der Waals surface area contributed by atoms with E-state index in [0.29, 0.717) is 0 Å². The minimum atomic E-state index is -4.15. The molecule has 1 aromatic carbocycles. The van der Waals surface area contributed by atoms with Gasteiger partial charge in [-0.3, -0.25) is 4.55 Å². The van der Waals surface area contributed by atoms with Crippen molar-refractivity contribution in [2.24, 2.45) is 0 Å². The van der Waals surface area contributed by atoms with Gasteiger partial charge in [-0.05, 0) is 12.1 Å². The summed E-state index contributed by atoms with van der Waals surface area (Å²) in [6.45, 7) is 0. The van der Waals surface area contributed by atoms with Gasteiger partial charge in [-0.1, -0.05) is 0 Å². The van der Waals surface area contributed by atoms with Crippen molar-refractivity contribution in [2.75, 3.05) is 0 Å². The molecule has 0 aliphatic heterocycles. The molecule has 1 rings (SSSR count). The lowest BCUT2D eigenvalue weighted by Crippen LogP contribution is -1.96. The first-order chi connectivity index (χ1) is 5.54. The topological polar surface area (TPSA) is 113 Å². The van der Waals surface area contributed by atoms with Crippen LogP contribution in [0.3, 0.4) is 0 Å². The average Bonchev–Trinajstić information content (AvgIpc) is 2.03. The molecule has 0 saturated carbocycles. The van der Waals surface area contributed by atoms with Crippen molar-refractivity contribution in [1.29, 1.82) is 5.39 Å². The monoisotopic (exact) mass is 202 g/mol. The third kappa shape index (κ3) is 2.79. The highest BCUT2D eigenvalue weighted by Crippen LogP contribution is 2.15. The Labute approximate surface area is 74.5 Å².